The second kappa shape index (κ2) is 8.45. The molecule has 1 aliphatic carbocycles. The maximum Gasteiger partial charge on any atom is 0.253 e. The molecule has 1 unspecified atom stereocenters. The highest BCUT2D eigenvalue weighted by Crippen LogP contribution is 2.51. The van der Waals surface area contributed by atoms with E-state index in [1.54, 1.807) is 6.07 Å². The lowest BCUT2D eigenvalue weighted by Crippen LogP contribution is -2.46. The van der Waals surface area contributed by atoms with E-state index in [1.807, 2.05) is 33.8 Å². The average Bonchev–Trinajstić information content (AvgIpc) is 3.10. The predicted molar refractivity (Wildman–Crippen MR) is 123 cm³/mol. The van der Waals surface area contributed by atoms with Gasteiger partial charge < -0.3 is 25.5 Å². The number of fused-ring (bicyclic) bond motifs is 1. The number of pyridine rings is 1. The molecule has 1 aromatic carbocycles. The van der Waals surface area contributed by atoms with Gasteiger partial charge in [-0.1, -0.05) is 11.6 Å². The number of benzene rings is 1. The number of ether oxygens (including phenoxy) is 2. The van der Waals surface area contributed by atoms with Crippen LogP contribution in [0, 0.1) is 26.7 Å². The summed E-state index contributed by atoms with van der Waals surface area (Å²) in [4.78, 5) is 28.0. The van der Waals surface area contributed by atoms with E-state index in [4.69, 9.17) is 26.8 Å². The lowest BCUT2D eigenvalue weighted by atomic mass is 9.81. The van der Waals surface area contributed by atoms with Crippen molar-refractivity contribution in [1.82, 2.24) is 10.3 Å². The molecule has 172 valence electrons. The number of hydrogen-bond acceptors (Lipinski definition) is 5. The number of amides is 1. The SMILES string of the molecule is Cc1cc(C)c(CNC(=O)c2cc(Cl)c3c(c2C)OC(C)([C@H]2CC[C@H](N)CC2)O3)c(=O)[nH]1. The monoisotopic (exact) mass is 459 g/mol. The molecular formula is C24H30ClN3O4. The standard InChI is InChI=1S/C24H30ClN3O4/c1-12-9-13(2)28-23(30)18(12)11-27-22(29)17-10-19(25)21-20(14(17)3)31-24(4,32-21)15-5-7-16(26)8-6-15/h9-10,15-16H,5-8,11,26H2,1-4H3,(H,27,29)(H,28,30)/t15-,16-,24?. The Morgan fingerprint density at radius 3 is 2.50 bits per heavy atom. The van der Waals surface area contributed by atoms with Gasteiger partial charge in [-0.2, -0.15) is 0 Å². The molecule has 7 nitrogen and oxygen atoms in total. The molecule has 1 atom stereocenters. The van der Waals surface area contributed by atoms with Gasteiger partial charge in [-0.25, -0.2) is 0 Å². The van der Waals surface area contributed by atoms with Crippen LogP contribution < -0.4 is 26.1 Å². The highest BCUT2D eigenvalue weighted by Gasteiger charge is 2.47. The maximum atomic E-state index is 13.0. The zero-order chi connectivity index (χ0) is 23.2. The van der Waals surface area contributed by atoms with Crippen LogP contribution >= 0.6 is 11.6 Å². The van der Waals surface area contributed by atoms with Gasteiger partial charge in [-0.05, 0) is 64.2 Å². The van der Waals surface area contributed by atoms with E-state index in [2.05, 4.69) is 10.3 Å². The fraction of sp³-hybridized carbons (Fsp3) is 0.500. The molecule has 0 spiro atoms. The molecular weight excluding hydrogens is 430 g/mol. The molecule has 0 radical (unpaired) electrons. The fourth-order valence-corrected chi connectivity index (χ4v) is 4.99. The second-order valence-corrected chi connectivity index (χ2v) is 9.55. The van der Waals surface area contributed by atoms with E-state index in [9.17, 15) is 9.59 Å². The van der Waals surface area contributed by atoms with Gasteiger partial charge in [-0.3, -0.25) is 9.59 Å². The van der Waals surface area contributed by atoms with Crippen molar-refractivity contribution in [3.63, 3.8) is 0 Å². The third kappa shape index (κ3) is 4.11. The summed E-state index contributed by atoms with van der Waals surface area (Å²) in [5, 5.41) is 3.17. The van der Waals surface area contributed by atoms with Crippen molar-refractivity contribution in [2.45, 2.75) is 71.8 Å². The van der Waals surface area contributed by atoms with Gasteiger partial charge in [-0.15, -0.1) is 0 Å². The lowest BCUT2D eigenvalue weighted by molar-refractivity contribution is -0.120. The Morgan fingerprint density at radius 2 is 1.84 bits per heavy atom. The van der Waals surface area contributed by atoms with E-state index in [1.165, 1.54) is 0 Å². The zero-order valence-electron chi connectivity index (χ0n) is 18.9. The summed E-state index contributed by atoms with van der Waals surface area (Å²) in [6, 6.07) is 3.71. The number of carbonyl (C=O) groups excluding carboxylic acids is 1. The number of rotatable bonds is 4. The molecule has 0 saturated heterocycles. The van der Waals surface area contributed by atoms with Gasteiger partial charge in [0.25, 0.3) is 17.3 Å². The first-order valence-electron chi connectivity index (χ1n) is 11.0. The summed E-state index contributed by atoms with van der Waals surface area (Å²) < 4.78 is 12.5. The van der Waals surface area contributed by atoms with Crippen LogP contribution in [0.2, 0.25) is 5.02 Å². The van der Waals surface area contributed by atoms with Gasteiger partial charge in [0.15, 0.2) is 11.5 Å². The molecule has 32 heavy (non-hydrogen) atoms. The van der Waals surface area contributed by atoms with Gasteiger partial charge in [0.2, 0.25) is 0 Å². The van der Waals surface area contributed by atoms with Crippen LogP contribution in [0.25, 0.3) is 0 Å². The highest BCUT2D eigenvalue weighted by atomic mass is 35.5. The number of carbonyl (C=O) groups is 1. The van der Waals surface area contributed by atoms with Crippen molar-refractivity contribution < 1.29 is 14.3 Å². The molecule has 4 N–H and O–H groups in total. The Labute approximate surface area is 192 Å². The van der Waals surface area contributed by atoms with E-state index in [0.29, 0.717) is 33.2 Å². The zero-order valence-corrected chi connectivity index (χ0v) is 19.7. The van der Waals surface area contributed by atoms with Crippen LogP contribution in [0.5, 0.6) is 11.5 Å². The Hall–Kier alpha value is -2.51. The summed E-state index contributed by atoms with van der Waals surface area (Å²) in [6.45, 7) is 7.54. The second-order valence-electron chi connectivity index (χ2n) is 9.15. The van der Waals surface area contributed by atoms with Crippen molar-refractivity contribution >= 4 is 17.5 Å². The minimum Gasteiger partial charge on any atom is -0.448 e. The first kappa shape index (κ1) is 22.7. The van der Waals surface area contributed by atoms with Gasteiger partial charge >= 0.3 is 0 Å². The van der Waals surface area contributed by atoms with Crippen molar-refractivity contribution in [1.29, 1.82) is 0 Å². The Morgan fingerprint density at radius 1 is 1.19 bits per heavy atom. The number of nitrogens with two attached hydrogens (primary N) is 1. The first-order chi connectivity index (χ1) is 15.1. The highest BCUT2D eigenvalue weighted by molar-refractivity contribution is 6.33. The molecule has 2 aromatic rings. The largest absolute Gasteiger partial charge is 0.448 e. The molecule has 0 bridgehead atoms. The van der Waals surface area contributed by atoms with Crippen molar-refractivity contribution in [3.8, 4) is 11.5 Å². The third-order valence-corrected chi connectivity index (χ3v) is 7.01. The minimum atomic E-state index is -0.835. The summed E-state index contributed by atoms with van der Waals surface area (Å²) >= 11 is 6.51. The van der Waals surface area contributed by atoms with E-state index in [0.717, 1.165) is 36.9 Å². The molecule has 2 aliphatic rings. The van der Waals surface area contributed by atoms with E-state index in [-0.39, 0.29) is 30.0 Å². The van der Waals surface area contributed by atoms with Crippen molar-refractivity contribution in [2.75, 3.05) is 0 Å². The van der Waals surface area contributed by atoms with E-state index < -0.39 is 5.79 Å². The van der Waals surface area contributed by atoms with E-state index >= 15 is 0 Å². The number of nitrogens with one attached hydrogen (secondary N) is 2. The Bertz CT molecular complexity index is 1120. The van der Waals surface area contributed by atoms with Crippen LogP contribution in [-0.2, 0) is 6.54 Å². The smallest absolute Gasteiger partial charge is 0.253 e. The topological polar surface area (TPSA) is 106 Å². The number of halogens is 1. The molecule has 1 saturated carbocycles. The molecule has 8 heteroatoms. The number of H-pyrrole nitrogens is 1. The quantitative estimate of drug-likeness (QED) is 0.643. The average molecular weight is 460 g/mol. The molecule has 1 amide bonds. The fourth-order valence-electron chi connectivity index (χ4n) is 4.76. The van der Waals surface area contributed by atoms with Gasteiger partial charge in [0, 0.05) is 47.8 Å². The minimum absolute atomic E-state index is 0.117. The third-order valence-electron chi connectivity index (χ3n) is 6.73. The van der Waals surface area contributed by atoms with Crippen LogP contribution in [0.1, 0.15) is 65.3 Å². The number of aromatic amines is 1. The summed E-state index contributed by atoms with van der Waals surface area (Å²) in [6.07, 6.45) is 3.70. The van der Waals surface area contributed by atoms with Gasteiger partial charge in [0.05, 0.1) is 5.02 Å². The Balaban J connectivity index is 1.55. The normalized spacial score (nSPS) is 24.4. The Kier molecular flexibility index (Phi) is 5.98. The molecule has 1 aliphatic heterocycles. The molecule has 1 aromatic heterocycles. The van der Waals surface area contributed by atoms with Crippen LogP contribution in [0.3, 0.4) is 0 Å². The number of aryl methyl sites for hydroxylation is 2. The summed E-state index contributed by atoms with van der Waals surface area (Å²) in [7, 11) is 0. The van der Waals surface area contributed by atoms with Crippen molar-refractivity contribution in [3.05, 3.63) is 55.5 Å². The predicted octanol–water partition coefficient (Wildman–Crippen LogP) is 3.89. The maximum absolute atomic E-state index is 13.0. The summed E-state index contributed by atoms with van der Waals surface area (Å²) in [5.74, 6) is 0.0116. The molecule has 2 heterocycles. The molecule has 1 fully saturated rings. The van der Waals surface area contributed by atoms with Gasteiger partial charge in [0.1, 0.15) is 0 Å². The molecule has 4 rings (SSSR count). The van der Waals surface area contributed by atoms with Crippen LogP contribution in [0.4, 0.5) is 0 Å². The number of aromatic nitrogens is 1. The first-order valence-corrected chi connectivity index (χ1v) is 11.4. The lowest BCUT2D eigenvalue weighted by Gasteiger charge is -2.36. The number of hydrogen-bond donors (Lipinski definition) is 3. The van der Waals surface area contributed by atoms with Crippen LogP contribution in [-0.4, -0.2) is 22.7 Å². The summed E-state index contributed by atoms with van der Waals surface area (Å²) in [5.41, 5.74) is 9.04. The van der Waals surface area contributed by atoms with Crippen molar-refractivity contribution in [2.24, 2.45) is 11.7 Å². The van der Waals surface area contributed by atoms with Crippen LogP contribution in [0.15, 0.2) is 16.9 Å².